The van der Waals surface area contributed by atoms with Crippen LogP contribution >= 0.6 is 0 Å². The van der Waals surface area contributed by atoms with E-state index in [0.29, 0.717) is 37.1 Å². The molecule has 0 saturated carbocycles. The summed E-state index contributed by atoms with van der Waals surface area (Å²) in [6.07, 6.45) is 6.90. The molecule has 6 nitrogen and oxygen atoms in total. The number of hydrogen-bond acceptors (Lipinski definition) is 5. The summed E-state index contributed by atoms with van der Waals surface area (Å²) in [5, 5.41) is 13.2. The largest absolute Gasteiger partial charge is 0.481 e. The van der Waals surface area contributed by atoms with Crippen LogP contribution in [0.4, 0.5) is 4.39 Å². The zero-order valence-corrected chi connectivity index (χ0v) is 18.1. The molecule has 1 aromatic heterocycles. The molecule has 1 fully saturated rings. The van der Waals surface area contributed by atoms with Gasteiger partial charge in [0.2, 0.25) is 5.72 Å². The van der Waals surface area contributed by atoms with Crippen LogP contribution in [0.3, 0.4) is 0 Å². The number of dihydropyridines is 1. The lowest BCUT2D eigenvalue weighted by molar-refractivity contribution is -0.149. The number of aromatic nitrogens is 1. The van der Waals surface area contributed by atoms with Gasteiger partial charge < -0.3 is 15.2 Å². The summed E-state index contributed by atoms with van der Waals surface area (Å²) in [5.74, 6) is -1.50. The Morgan fingerprint density at radius 2 is 1.97 bits per heavy atom. The summed E-state index contributed by atoms with van der Waals surface area (Å²) in [7, 11) is 0. The molecule has 0 amide bonds. The molecule has 1 atom stereocenters. The van der Waals surface area contributed by atoms with Gasteiger partial charge in [0.05, 0.1) is 5.41 Å². The fraction of sp³-hybridized carbons (Fsp3) is 0.360. The number of nitrogens with zero attached hydrogens (tertiary/aromatic N) is 2. The number of halogens is 1. The van der Waals surface area contributed by atoms with E-state index >= 15 is 4.39 Å². The van der Waals surface area contributed by atoms with Crippen LogP contribution in [0.25, 0.3) is 0 Å². The topological polar surface area (TPSA) is 74.7 Å². The minimum atomic E-state index is -1.50. The highest BCUT2D eigenvalue weighted by molar-refractivity contribution is 5.80. The predicted octanol–water partition coefficient (Wildman–Crippen LogP) is 3.98. The Bertz CT molecular complexity index is 1000. The monoisotopic (exact) mass is 437 g/mol. The van der Waals surface area contributed by atoms with Crippen LogP contribution in [0.5, 0.6) is 0 Å². The summed E-state index contributed by atoms with van der Waals surface area (Å²) in [5.41, 5.74) is -0.503. The number of carbonyl (C=O) groups is 1. The van der Waals surface area contributed by atoms with Crippen LogP contribution in [0.2, 0.25) is 0 Å². The molecule has 3 heterocycles. The molecule has 168 valence electrons. The van der Waals surface area contributed by atoms with E-state index < -0.39 is 22.9 Å². The Hall–Kier alpha value is -3.03. The third-order valence-corrected chi connectivity index (χ3v) is 6.40. The van der Waals surface area contributed by atoms with E-state index in [2.05, 4.69) is 27.3 Å². The van der Waals surface area contributed by atoms with Gasteiger partial charge in [-0.15, -0.1) is 0 Å². The van der Waals surface area contributed by atoms with Crippen LogP contribution in [0, 0.1) is 5.41 Å². The fourth-order valence-corrected chi connectivity index (χ4v) is 4.57. The molecular formula is C25H28FN3O3. The first-order chi connectivity index (χ1) is 15.5. The maximum absolute atomic E-state index is 15.6. The van der Waals surface area contributed by atoms with Crippen molar-refractivity contribution < 1.29 is 19.0 Å². The SMILES string of the molecule is CCOC1(c2cccnc2)NC=C(C2(C(=O)O)CCN(Cc3ccccc3)CC2)C=C1F. The number of pyridine rings is 1. The standard InChI is InChI=1S/C25H28FN3O3/c1-2-32-25(20-9-6-12-27-16-20)22(26)15-21(17-28-25)24(23(30)31)10-13-29(14-11-24)18-19-7-4-3-5-8-19/h3-9,12,15-17,28H,2,10-11,13-14,18H2,1H3,(H,30,31). The number of nitrogens with one attached hydrogen (secondary N) is 1. The Morgan fingerprint density at radius 1 is 1.22 bits per heavy atom. The number of rotatable bonds is 7. The molecule has 0 spiro atoms. The lowest BCUT2D eigenvalue weighted by Gasteiger charge is -2.42. The second-order valence-electron chi connectivity index (χ2n) is 8.24. The number of likely N-dealkylation sites (tertiary alicyclic amines) is 1. The van der Waals surface area contributed by atoms with Crippen LogP contribution in [0.1, 0.15) is 30.9 Å². The minimum absolute atomic E-state index is 0.269. The highest BCUT2D eigenvalue weighted by Crippen LogP contribution is 2.44. The average Bonchev–Trinajstić information content (AvgIpc) is 2.82. The average molecular weight is 438 g/mol. The Balaban J connectivity index is 1.56. The summed E-state index contributed by atoms with van der Waals surface area (Å²) in [6, 6.07) is 13.6. The van der Waals surface area contributed by atoms with Crippen LogP contribution in [0.15, 0.2) is 78.5 Å². The van der Waals surface area contributed by atoms with Gasteiger partial charge in [-0.05, 0) is 56.1 Å². The second kappa shape index (κ2) is 9.22. The van der Waals surface area contributed by atoms with E-state index in [4.69, 9.17) is 4.74 Å². The van der Waals surface area contributed by atoms with Crippen molar-refractivity contribution in [2.45, 2.75) is 32.0 Å². The molecule has 7 heteroatoms. The molecule has 0 aliphatic carbocycles. The van der Waals surface area contributed by atoms with E-state index in [-0.39, 0.29) is 6.61 Å². The normalized spacial score (nSPS) is 23.1. The van der Waals surface area contributed by atoms with Gasteiger partial charge in [0.1, 0.15) is 0 Å². The number of benzene rings is 1. The second-order valence-corrected chi connectivity index (χ2v) is 8.24. The molecule has 0 radical (unpaired) electrons. The first-order valence-corrected chi connectivity index (χ1v) is 10.9. The Morgan fingerprint density at radius 3 is 2.56 bits per heavy atom. The number of allylic oxidation sites excluding steroid dienone is 1. The van der Waals surface area contributed by atoms with Gasteiger partial charge in [0, 0.05) is 37.3 Å². The number of piperidine rings is 1. The Kier molecular flexibility index (Phi) is 6.39. The molecule has 32 heavy (non-hydrogen) atoms. The quantitative estimate of drug-likeness (QED) is 0.683. The number of aliphatic carboxylic acids is 1. The summed E-state index contributed by atoms with van der Waals surface area (Å²) in [4.78, 5) is 18.7. The molecule has 2 aromatic rings. The number of carboxylic acids is 1. The van der Waals surface area contributed by atoms with Crippen LogP contribution in [-0.4, -0.2) is 40.7 Å². The van der Waals surface area contributed by atoms with Crippen molar-refractivity contribution in [2.75, 3.05) is 19.7 Å². The van der Waals surface area contributed by atoms with Crippen molar-refractivity contribution in [1.82, 2.24) is 15.2 Å². The first-order valence-electron chi connectivity index (χ1n) is 10.9. The Labute approximate surface area is 187 Å². The summed E-state index contributed by atoms with van der Waals surface area (Å²) >= 11 is 0. The molecule has 1 unspecified atom stereocenters. The lowest BCUT2D eigenvalue weighted by Crippen LogP contribution is -2.49. The third-order valence-electron chi connectivity index (χ3n) is 6.40. The van der Waals surface area contributed by atoms with Crippen molar-refractivity contribution in [3.8, 4) is 0 Å². The number of ether oxygens (including phenoxy) is 1. The van der Waals surface area contributed by atoms with Gasteiger partial charge in [0.15, 0.2) is 5.83 Å². The molecule has 1 saturated heterocycles. The summed E-state index contributed by atoms with van der Waals surface area (Å²) in [6.45, 7) is 4.06. The fourth-order valence-electron chi connectivity index (χ4n) is 4.57. The van der Waals surface area contributed by atoms with E-state index in [9.17, 15) is 9.90 Å². The van der Waals surface area contributed by atoms with Gasteiger partial charge in [0.25, 0.3) is 0 Å². The highest BCUT2D eigenvalue weighted by Gasteiger charge is 2.48. The molecule has 2 N–H and O–H groups in total. The molecule has 0 bridgehead atoms. The number of hydrogen-bond donors (Lipinski definition) is 2. The molecule has 4 rings (SSSR count). The van der Waals surface area contributed by atoms with Gasteiger partial charge in [-0.25, -0.2) is 4.39 Å². The molecule has 2 aliphatic heterocycles. The van der Waals surface area contributed by atoms with Crippen molar-refractivity contribution in [2.24, 2.45) is 5.41 Å². The van der Waals surface area contributed by atoms with Crippen LogP contribution in [-0.2, 0) is 21.8 Å². The molecular weight excluding hydrogens is 409 g/mol. The smallest absolute Gasteiger partial charge is 0.314 e. The van der Waals surface area contributed by atoms with Crippen molar-refractivity contribution in [1.29, 1.82) is 0 Å². The highest BCUT2D eigenvalue weighted by atomic mass is 19.1. The first kappa shape index (κ1) is 22.2. The minimum Gasteiger partial charge on any atom is -0.481 e. The van der Waals surface area contributed by atoms with Gasteiger partial charge in [-0.1, -0.05) is 36.4 Å². The van der Waals surface area contributed by atoms with Crippen molar-refractivity contribution >= 4 is 5.97 Å². The van der Waals surface area contributed by atoms with E-state index in [0.717, 1.165) is 6.54 Å². The summed E-state index contributed by atoms with van der Waals surface area (Å²) < 4.78 is 21.4. The molecule has 2 aliphatic rings. The number of carboxylic acid groups (broad SMARTS) is 1. The van der Waals surface area contributed by atoms with E-state index in [1.807, 2.05) is 18.2 Å². The van der Waals surface area contributed by atoms with Gasteiger partial charge in [-0.3, -0.25) is 14.7 Å². The van der Waals surface area contributed by atoms with Crippen LogP contribution < -0.4 is 5.32 Å². The maximum Gasteiger partial charge on any atom is 0.314 e. The molecule has 1 aromatic carbocycles. The van der Waals surface area contributed by atoms with Crippen molar-refractivity contribution in [3.05, 3.63) is 89.7 Å². The van der Waals surface area contributed by atoms with Gasteiger partial charge in [-0.2, -0.15) is 0 Å². The van der Waals surface area contributed by atoms with Crippen molar-refractivity contribution in [3.63, 3.8) is 0 Å². The third kappa shape index (κ3) is 4.06. The van der Waals surface area contributed by atoms with E-state index in [1.165, 1.54) is 11.6 Å². The maximum atomic E-state index is 15.6. The zero-order chi connectivity index (χ0) is 22.6. The predicted molar refractivity (Wildman–Crippen MR) is 119 cm³/mol. The van der Waals surface area contributed by atoms with E-state index in [1.54, 1.807) is 37.7 Å². The van der Waals surface area contributed by atoms with Gasteiger partial charge >= 0.3 is 5.97 Å². The lowest BCUT2D eigenvalue weighted by atomic mass is 9.71. The zero-order valence-electron chi connectivity index (χ0n) is 18.1.